The zero-order chi connectivity index (χ0) is 14.6. The molecule has 1 unspecified atom stereocenters. The van der Waals surface area contributed by atoms with Gasteiger partial charge in [-0.25, -0.2) is 17.5 Å². The van der Waals surface area contributed by atoms with Crippen molar-refractivity contribution in [1.82, 2.24) is 9.62 Å². The van der Waals surface area contributed by atoms with Gasteiger partial charge in [-0.15, -0.1) is 0 Å². The maximum absolute atomic E-state index is 13.4. The molecular formula is C13H19FN2O3S. The molecule has 1 saturated heterocycles. The van der Waals surface area contributed by atoms with Crippen LogP contribution in [0, 0.1) is 5.82 Å². The lowest BCUT2D eigenvalue weighted by atomic mass is 10.0. The Morgan fingerprint density at radius 1 is 1.40 bits per heavy atom. The molecule has 1 aliphatic rings. The van der Waals surface area contributed by atoms with Crippen molar-refractivity contribution in [3.63, 3.8) is 0 Å². The van der Waals surface area contributed by atoms with Crippen LogP contribution >= 0.6 is 0 Å². The number of morpholine rings is 1. The molecule has 1 fully saturated rings. The molecule has 0 aromatic heterocycles. The van der Waals surface area contributed by atoms with Crippen LogP contribution in [-0.2, 0) is 14.8 Å². The molecule has 1 aliphatic heterocycles. The maximum atomic E-state index is 13.4. The van der Waals surface area contributed by atoms with Crippen molar-refractivity contribution in [2.24, 2.45) is 0 Å². The fraction of sp³-hybridized carbons (Fsp3) is 0.538. The molecule has 0 aliphatic carbocycles. The first-order chi connectivity index (χ1) is 9.46. The molecule has 0 amide bonds. The molecule has 0 radical (unpaired) electrons. The molecule has 1 N–H and O–H groups in total. The van der Waals surface area contributed by atoms with Gasteiger partial charge in [0.05, 0.1) is 19.5 Å². The first-order valence-electron chi connectivity index (χ1n) is 6.47. The van der Waals surface area contributed by atoms with Gasteiger partial charge < -0.3 is 4.74 Å². The zero-order valence-electron chi connectivity index (χ0n) is 11.4. The Bertz CT molecular complexity index is 544. The highest BCUT2D eigenvalue weighted by molar-refractivity contribution is 7.88. The lowest BCUT2D eigenvalue weighted by Crippen LogP contribution is -2.43. The highest BCUT2D eigenvalue weighted by Crippen LogP contribution is 2.22. The molecule has 2 rings (SSSR count). The summed E-state index contributed by atoms with van der Waals surface area (Å²) in [6.45, 7) is 2.83. The van der Waals surface area contributed by atoms with E-state index < -0.39 is 10.0 Å². The number of rotatable bonds is 5. The van der Waals surface area contributed by atoms with E-state index in [9.17, 15) is 12.8 Å². The van der Waals surface area contributed by atoms with Crippen molar-refractivity contribution in [2.75, 3.05) is 39.1 Å². The Hall–Kier alpha value is -1.02. The van der Waals surface area contributed by atoms with E-state index in [-0.39, 0.29) is 18.4 Å². The van der Waals surface area contributed by atoms with E-state index in [0.29, 0.717) is 26.3 Å². The second-order valence-corrected chi connectivity index (χ2v) is 6.67. The van der Waals surface area contributed by atoms with Crippen LogP contribution in [-0.4, -0.2) is 52.4 Å². The van der Waals surface area contributed by atoms with Gasteiger partial charge in [-0.3, -0.25) is 4.90 Å². The van der Waals surface area contributed by atoms with Crippen LogP contribution < -0.4 is 4.72 Å². The second-order valence-electron chi connectivity index (χ2n) is 4.84. The predicted octanol–water partition coefficient (Wildman–Crippen LogP) is 0.748. The van der Waals surface area contributed by atoms with Gasteiger partial charge in [0.15, 0.2) is 0 Å². The van der Waals surface area contributed by atoms with Gasteiger partial charge in [0.25, 0.3) is 0 Å². The number of halogens is 1. The van der Waals surface area contributed by atoms with Crippen molar-refractivity contribution >= 4 is 10.0 Å². The summed E-state index contributed by atoms with van der Waals surface area (Å²) in [7, 11) is -3.28. The summed E-state index contributed by atoms with van der Waals surface area (Å²) in [6.07, 6.45) is 1.12. The van der Waals surface area contributed by atoms with Crippen LogP contribution in [0.25, 0.3) is 0 Å². The highest BCUT2D eigenvalue weighted by Gasteiger charge is 2.23. The van der Waals surface area contributed by atoms with Gasteiger partial charge in [-0.2, -0.15) is 0 Å². The minimum absolute atomic E-state index is 0.190. The molecule has 1 heterocycles. The Balaban J connectivity index is 2.18. The molecule has 1 atom stereocenters. The topological polar surface area (TPSA) is 58.6 Å². The smallest absolute Gasteiger partial charge is 0.208 e. The van der Waals surface area contributed by atoms with Crippen LogP contribution in [0.2, 0.25) is 0 Å². The number of hydrogen-bond donors (Lipinski definition) is 1. The molecule has 112 valence electrons. The first-order valence-corrected chi connectivity index (χ1v) is 8.37. The summed E-state index contributed by atoms with van der Waals surface area (Å²) in [4.78, 5) is 2.11. The van der Waals surface area contributed by atoms with Gasteiger partial charge in [-0.1, -0.05) is 12.1 Å². The molecular weight excluding hydrogens is 283 g/mol. The van der Waals surface area contributed by atoms with E-state index in [2.05, 4.69) is 9.62 Å². The van der Waals surface area contributed by atoms with Gasteiger partial charge in [0.2, 0.25) is 10.0 Å². The molecule has 0 bridgehead atoms. The van der Waals surface area contributed by atoms with Gasteiger partial charge in [-0.05, 0) is 17.7 Å². The molecule has 20 heavy (non-hydrogen) atoms. The van der Waals surface area contributed by atoms with E-state index >= 15 is 0 Å². The standard InChI is InChI=1S/C13H19FN2O3S/c1-20(17,18)15-10-13(16-5-7-19-8-6-16)11-3-2-4-12(14)9-11/h2-4,9,13,15H,5-8,10H2,1H3. The predicted molar refractivity (Wildman–Crippen MR) is 74.4 cm³/mol. The Kier molecular flexibility index (Phi) is 5.09. The zero-order valence-corrected chi connectivity index (χ0v) is 12.2. The number of nitrogens with zero attached hydrogens (tertiary/aromatic N) is 1. The van der Waals surface area contributed by atoms with E-state index in [1.165, 1.54) is 12.1 Å². The Labute approximate surface area is 118 Å². The van der Waals surface area contributed by atoms with E-state index in [0.717, 1.165) is 11.8 Å². The lowest BCUT2D eigenvalue weighted by Gasteiger charge is -2.34. The van der Waals surface area contributed by atoms with Crippen LogP contribution in [0.5, 0.6) is 0 Å². The van der Waals surface area contributed by atoms with E-state index in [1.807, 2.05) is 6.07 Å². The molecule has 0 saturated carbocycles. The molecule has 7 heteroatoms. The third-order valence-electron chi connectivity index (χ3n) is 3.26. The summed E-state index contributed by atoms with van der Waals surface area (Å²) in [5, 5.41) is 0. The summed E-state index contributed by atoms with van der Waals surface area (Å²) >= 11 is 0. The van der Waals surface area contributed by atoms with E-state index in [1.54, 1.807) is 6.07 Å². The van der Waals surface area contributed by atoms with Gasteiger partial charge >= 0.3 is 0 Å². The van der Waals surface area contributed by atoms with Crippen LogP contribution in [0.3, 0.4) is 0 Å². The fourth-order valence-electron chi connectivity index (χ4n) is 2.29. The van der Waals surface area contributed by atoms with Crippen molar-refractivity contribution in [2.45, 2.75) is 6.04 Å². The average Bonchev–Trinajstić information content (AvgIpc) is 2.39. The first kappa shape index (κ1) is 15.4. The molecule has 1 aromatic rings. The lowest BCUT2D eigenvalue weighted by molar-refractivity contribution is 0.0171. The SMILES string of the molecule is CS(=O)(=O)NCC(c1cccc(F)c1)N1CCOCC1. The molecule has 5 nitrogen and oxygen atoms in total. The maximum Gasteiger partial charge on any atom is 0.208 e. The third-order valence-corrected chi connectivity index (χ3v) is 3.95. The second kappa shape index (κ2) is 6.62. The average molecular weight is 302 g/mol. The quantitative estimate of drug-likeness (QED) is 0.872. The summed E-state index contributed by atoms with van der Waals surface area (Å²) in [6, 6.07) is 6.09. The van der Waals surface area contributed by atoms with E-state index in [4.69, 9.17) is 4.74 Å². The van der Waals surface area contributed by atoms with Crippen LogP contribution in [0.15, 0.2) is 24.3 Å². The number of nitrogens with one attached hydrogen (secondary N) is 1. The summed E-state index contributed by atoms with van der Waals surface area (Å²) in [5.41, 5.74) is 0.767. The molecule has 0 spiro atoms. The Morgan fingerprint density at radius 3 is 2.70 bits per heavy atom. The molecule has 1 aromatic carbocycles. The Morgan fingerprint density at radius 2 is 2.10 bits per heavy atom. The number of ether oxygens (including phenoxy) is 1. The summed E-state index contributed by atoms with van der Waals surface area (Å²) < 4.78 is 43.8. The van der Waals surface area contributed by atoms with Crippen LogP contribution in [0.4, 0.5) is 4.39 Å². The minimum Gasteiger partial charge on any atom is -0.379 e. The van der Waals surface area contributed by atoms with Crippen molar-refractivity contribution < 1.29 is 17.5 Å². The van der Waals surface area contributed by atoms with Crippen molar-refractivity contribution in [3.05, 3.63) is 35.6 Å². The van der Waals surface area contributed by atoms with Crippen LogP contribution in [0.1, 0.15) is 11.6 Å². The minimum atomic E-state index is -3.28. The highest BCUT2D eigenvalue weighted by atomic mass is 32.2. The number of sulfonamides is 1. The number of hydrogen-bond acceptors (Lipinski definition) is 4. The largest absolute Gasteiger partial charge is 0.379 e. The normalized spacial score (nSPS) is 18.9. The van der Waals surface area contributed by atoms with Crippen molar-refractivity contribution in [1.29, 1.82) is 0 Å². The summed E-state index contributed by atoms with van der Waals surface area (Å²) in [5.74, 6) is -0.319. The monoisotopic (exact) mass is 302 g/mol. The van der Waals surface area contributed by atoms with Crippen molar-refractivity contribution in [3.8, 4) is 0 Å². The van der Waals surface area contributed by atoms with Gasteiger partial charge in [0.1, 0.15) is 5.82 Å². The van der Waals surface area contributed by atoms with Gasteiger partial charge in [0, 0.05) is 25.7 Å². The third kappa shape index (κ3) is 4.52. The number of benzene rings is 1. The fourth-order valence-corrected chi connectivity index (χ4v) is 2.75.